The summed E-state index contributed by atoms with van der Waals surface area (Å²) in [5.41, 5.74) is 0.523. The first-order valence-corrected chi connectivity index (χ1v) is 11.9. The summed E-state index contributed by atoms with van der Waals surface area (Å²) in [6.45, 7) is 1.22. The Labute approximate surface area is 176 Å². The van der Waals surface area contributed by atoms with E-state index in [-0.39, 0.29) is 17.8 Å². The van der Waals surface area contributed by atoms with Gasteiger partial charge >= 0.3 is 0 Å². The molecule has 0 spiro atoms. The Kier molecular flexibility index (Phi) is 5.97. The maximum atomic E-state index is 12.9. The Morgan fingerprint density at radius 1 is 1.24 bits per heavy atom. The van der Waals surface area contributed by atoms with Crippen LogP contribution in [0.15, 0.2) is 28.8 Å². The van der Waals surface area contributed by atoms with E-state index in [1.54, 1.807) is 35.7 Å². The molecule has 7 nitrogen and oxygen atoms in total. The molecule has 2 aromatic rings. The van der Waals surface area contributed by atoms with Gasteiger partial charge in [-0.3, -0.25) is 0 Å². The molecule has 1 aliphatic carbocycles. The lowest BCUT2D eigenvalue weighted by Gasteiger charge is -2.39. The fourth-order valence-corrected chi connectivity index (χ4v) is 5.78. The van der Waals surface area contributed by atoms with Crippen LogP contribution in [0.2, 0.25) is 5.02 Å². The molecule has 0 bridgehead atoms. The summed E-state index contributed by atoms with van der Waals surface area (Å²) in [4.78, 5) is 4.56. The molecule has 4 rings (SSSR count). The van der Waals surface area contributed by atoms with Crippen LogP contribution in [0, 0.1) is 5.92 Å². The van der Waals surface area contributed by atoms with Crippen LogP contribution in [-0.2, 0) is 32.5 Å². The summed E-state index contributed by atoms with van der Waals surface area (Å²) in [6, 6.07) is 6.96. The van der Waals surface area contributed by atoms with E-state index in [1.165, 1.54) is 12.8 Å². The van der Waals surface area contributed by atoms with Crippen molar-refractivity contribution >= 4 is 21.6 Å². The number of halogens is 1. The first kappa shape index (κ1) is 20.8. The van der Waals surface area contributed by atoms with Gasteiger partial charge in [-0.25, -0.2) is 12.7 Å². The van der Waals surface area contributed by atoms with E-state index >= 15 is 0 Å². The van der Waals surface area contributed by atoms with Crippen molar-refractivity contribution in [3.63, 3.8) is 0 Å². The number of ether oxygens (including phenoxy) is 1. The Morgan fingerprint density at radius 3 is 2.55 bits per heavy atom. The monoisotopic (exact) mass is 439 g/mol. The molecule has 0 N–H and O–H groups in total. The Balaban J connectivity index is 1.47. The maximum absolute atomic E-state index is 12.9. The van der Waals surface area contributed by atoms with Gasteiger partial charge < -0.3 is 9.26 Å². The molecule has 0 atom stereocenters. The van der Waals surface area contributed by atoms with Gasteiger partial charge in [0.1, 0.15) is 6.61 Å². The molecule has 0 radical (unpaired) electrons. The van der Waals surface area contributed by atoms with E-state index in [1.807, 2.05) is 0 Å². The summed E-state index contributed by atoms with van der Waals surface area (Å²) in [7, 11) is -1.80. The molecule has 2 fully saturated rings. The quantitative estimate of drug-likeness (QED) is 0.625. The first-order chi connectivity index (χ1) is 13.9. The highest BCUT2D eigenvalue weighted by Crippen LogP contribution is 2.46. The fourth-order valence-electron chi connectivity index (χ4n) is 4.12. The van der Waals surface area contributed by atoms with Crippen LogP contribution < -0.4 is 0 Å². The maximum Gasteiger partial charge on any atom is 0.252 e. The summed E-state index contributed by atoms with van der Waals surface area (Å²) < 4.78 is 37.9. The van der Waals surface area contributed by atoms with Gasteiger partial charge in [0, 0.05) is 30.6 Å². The van der Waals surface area contributed by atoms with Crippen molar-refractivity contribution in [3.05, 3.63) is 46.6 Å². The van der Waals surface area contributed by atoms with E-state index in [9.17, 15) is 8.42 Å². The van der Waals surface area contributed by atoms with Gasteiger partial charge in [-0.2, -0.15) is 4.98 Å². The standard InChI is InChI=1S/C20H26ClN3O4S/c1-27-13-18-22-19(23-28-18)20(12-15-2-3-15)8-10-24(11-9-20)29(25,26)14-16-4-6-17(21)7-5-16/h4-7,15H,2-3,8-14H2,1H3. The second kappa shape index (κ2) is 8.34. The van der Waals surface area contributed by atoms with Crippen LogP contribution in [0.3, 0.4) is 0 Å². The number of hydrogen-bond acceptors (Lipinski definition) is 6. The van der Waals surface area contributed by atoms with Crippen LogP contribution in [-0.4, -0.2) is 43.1 Å². The summed E-state index contributed by atoms with van der Waals surface area (Å²) >= 11 is 5.90. The topological polar surface area (TPSA) is 85.5 Å². The van der Waals surface area contributed by atoms with E-state index < -0.39 is 10.0 Å². The Bertz CT molecular complexity index is 933. The number of rotatable bonds is 8. The summed E-state index contributed by atoms with van der Waals surface area (Å²) in [5, 5.41) is 4.83. The van der Waals surface area contributed by atoms with Crippen LogP contribution in [0.5, 0.6) is 0 Å². The van der Waals surface area contributed by atoms with E-state index in [4.69, 9.17) is 20.9 Å². The zero-order valence-electron chi connectivity index (χ0n) is 16.5. The van der Waals surface area contributed by atoms with Gasteiger partial charge in [0.25, 0.3) is 5.89 Å². The van der Waals surface area contributed by atoms with Crippen molar-refractivity contribution in [2.24, 2.45) is 5.92 Å². The number of nitrogens with zero attached hydrogens (tertiary/aromatic N) is 3. The van der Waals surface area contributed by atoms with Crippen molar-refractivity contribution < 1.29 is 17.7 Å². The Hall–Kier alpha value is -1.48. The molecule has 158 valence electrons. The van der Waals surface area contributed by atoms with E-state index in [2.05, 4.69) is 10.1 Å². The minimum Gasteiger partial charge on any atom is -0.375 e. The van der Waals surface area contributed by atoms with Crippen molar-refractivity contribution in [1.82, 2.24) is 14.4 Å². The van der Waals surface area contributed by atoms with Crippen molar-refractivity contribution in [3.8, 4) is 0 Å². The number of hydrogen-bond donors (Lipinski definition) is 0. The van der Waals surface area contributed by atoms with Crippen LogP contribution >= 0.6 is 11.6 Å². The molecule has 9 heteroatoms. The predicted molar refractivity (Wildman–Crippen MR) is 109 cm³/mol. The molecule has 0 unspecified atom stereocenters. The molecular weight excluding hydrogens is 414 g/mol. The minimum absolute atomic E-state index is 0.0139. The number of sulfonamides is 1. The number of aromatic nitrogens is 2. The molecule has 1 aromatic heterocycles. The zero-order valence-corrected chi connectivity index (χ0v) is 18.1. The third-order valence-corrected chi connectivity index (χ3v) is 8.02. The lowest BCUT2D eigenvalue weighted by atomic mass is 9.74. The first-order valence-electron chi connectivity index (χ1n) is 9.94. The smallest absolute Gasteiger partial charge is 0.252 e. The van der Waals surface area contributed by atoms with Gasteiger partial charge in [-0.15, -0.1) is 0 Å². The van der Waals surface area contributed by atoms with Gasteiger partial charge in [-0.05, 0) is 42.9 Å². The van der Waals surface area contributed by atoms with Gasteiger partial charge in [0.15, 0.2) is 5.82 Å². The number of methoxy groups -OCH3 is 1. The van der Waals surface area contributed by atoms with Crippen molar-refractivity contribution in [1.29, 1.82) is 0 Å². The fraction of sp³-hybridized carbons (Fsp3) is 0.600. The lowest BCUT2D eigenvalue weighted by Crippen LogP contribution is -2.46. The largest absolute Gasteiger partial charge is 0.375 e. The second-order valence-corrected chi connectivity index (χ2v) is 10.6. The second-order valence-electron chi connectivity index (χ2n) is 8.15. The van der Waals surface area contributed by atoms with Crippen LogP contribution in [0.1, 0.15) is 49.4 Å². The molecule has 2 aliphatic rings. The van der Waals surface area contributed by atoms with Gasteiger partial charge in [0.05, 0.1) is 5.75 Å². The van der Waals surface area contributed by atoms with Crippen LogP contribution in [0.4, 0.5) is 0 Å². The van der Waals surface area contributed by atoms with Crippen LogP contribution in [0.25, 0.3) is 0 Å². The molecular formula is C20H26ClN3O4S. The zero-order chi connectivity index (χ0) is 20.5. The summed E-state index contributed by atoms with van der Waals surface area (Å²) in [6.07, 6.45) is 4.85. The Morgan fingerprint density at radius 2 is 1.93 bits per heavy atom. The lowest BCUT2D eigenvalue weighted by molar-refractivity contribution is 0.151. The highest BCUT2D eigenvalue weighted by atomic mass is 35.5. The normalized spacial score (nSPS) is 20.1. The molecule has 1 saturated carbocycles. The molecule has 0 amide bonds. The number of piperidine rings is 1. The minimum atomic E-state index is -3.39. The third kappa shape index (κ3) is 4.82. The highest BCUT2D eigenvalue weighted by molar-refractivity contribution is 7.88. The average Bonchev–Trinajstić information content (AvgIpc) is 3.37. The average molecular weight is 440 g/mol. The molecule has 1 saturated heterocycles. The third-order valence-electron chi connectivity index (χ3n) is 5.92. The molecule has 1 aliphatic heterocycles. The molecule has 1 aromatic carbocycles. The van der Waals surface area contributed by atoms with E-state index in [0.29, 0.717) is 48.6 Å². The van der Waals surface area contributed by atoms with Gasteiger partial charge in [0.2, 0.25) is 10.0 Å². The molecule has 29 heavy (non-hydrogen) atoms. The van der Waals surface area contributed by atoms with E-state index in [0.717, 1.165) is 12.0 Å². The summed E-state index contributed by atoms with van der Waals surface area (Å²) in [5.74, 6) is 1.83. The SMILES string of the molecule is COCc1nc(C2(CC3CC3)CCN(S(=O)(=O)Cc3ccc(Cl)cc3)CC2)no1. The highest BCUT2D eigenvalue weighted by Gasteiger charge is 2.45. The van der Waals surface area contributed by atoms with Crippen molar-refractivity contribution in [2.45, 2.75) is 49.9 Å². The van der Waals surface area contributed by atoms with Crippen molar-refractivity contribution in [2.75, 3.05) is 20.2 Å². The predicted octanol–water partition coefficient (Wildman–Crippen LogP) is 3.53. The number of benzene rings is 1. The van der Waals surface area contributed by atoms with Gasteiger partial charge in [-0.1, -0.05) is 41.7 Å². The molecule has 2 heterocycles.